The van der Waals surface area contributed by atoms with E-state index in [4.69, 9.17) is 11.5 Å². The zero-order valence-corrected chi connectivity index (χ0v) is 8.75. The molecule has 0 aliphatic heterocycles. The fraction of sp³-hybridized carbons (Fsp3) is 0.500. The van der Waals surface area contributed by atoms with Gasteiger partial charge in [0.1, 0.15) is 5.67 Å². The third-order valence-corrected chi connectivity index (χ3v) is 3.46. The van der Waals surface area contributed by atoms with Gasteiger partial charge < -0.3 is 11.5 Å². The van der Waals surface area contributed by atoms with Crippen LogP contribution in [-0.4, -0.2) is 18.8 Å². The second-order valence-corrected chi connectivity index (χ2v) is 4.32. The number of hydrogen-bond acceptors (Lipinski definition) is 2. The lowest BCUT2D eigenvalue weighted by atomic mass is 9.87. The number of hydrogen-bond donors (Lipinski definition) is 2. The van der Waals surface area contributed by atoms with Crippen LogP contribution in [-0.2, 0) is 12.8 Å². The highest BCUT2D eigenvalue weighted by Crippen LogP contribution is 2.35. The van der Waals surface area contributed by atoms with Gasteiger partial charge >= 0.3 is 0 Å². The lowest BCUT2D eigenvalue weighted by Gasteiger charge is -2.28. The number of halogens is 1. The van der Waals surface area contributed by atoms with Gasteiger partial charge in [0.25, 0.3) is 0 Å². The van der Waals surface area contributed by atoms with Crippen molar-refractivity contribution < 1.29 is 4.39 Å². The number of alkyl halides is 1. The van der Waals surface area contributed by atoms with E-state index in [0.29, 0.717) is 0 Å². The SMILES string of the molecule is NCC(F)(CN)C1Cc2ccccc2C1. The summed E-state index contributed by atoms with van der Waals surface area (Å²) in [6.07, 6.45) is 1.53. The zero-order valence-electron chi connectivity index (χ0n) is 8.75. The van der Waals surface area contributed by atoms with Gasteiger partial charge in [-0.25, -0.2) is 4.39 Å². The van der Waals surface area contributed by atoms with Crippen molar-refractivity contribution in [1.82, 2.24) is 0 Å². The van der Waals surface area contributed by atoms with E-state index in [1.54, 1.807) is 0 Å². The van der Waals surface area contributed by atoms with Gasteiger partial charge in [-0.3, -0.25) is 0 Å². The van der Waals surface area contributed by atoms with Gasteiger partial charge in [0.05, 0.1) is 0 Å². The minimum Gasteiger partial charge on any atom is -0.327 e. The van der Waals surface area contributed by atoms with Crippen LogP contribution in [0.15, 0.2) is 24.3 Å². The Hall–Kier alpha value is -0.930. The number of benzene rings is 1. The summed E-state index contributed by atoms with van der Waals surface area (Å²) in [6.45, 7) is 0.0321. The van der Waals surface area contributed by atoms with Crippen molar-refractivity contribution in [2.45, 2.75) is 18.5 Å². The standard InChI is InChI=1S/C12H17FN2/c13-12(7-14,8-15)11-5-9-3-1-2-4-10(9)6-11/h1-4,11H,5-8,14-15H2. The molecule has 2 nitrogen and oxygen atoms in total. The summed E-state index contributed by atoms with van der Waals surface area (Å²) >= 11 is 0. The monoisotopic (exact) mass is 208 g/mol. The summed E-state index contributed by atoms with van der Waals surface area (Å²) < 4.78 is 14.3. The number of nitrogens with two attached hydrogens (primary N) is 2. The zero-order chi connectivity index (χ0) is 10.9. The Kier molecular flexibility index (Phi) is 2.76. The van der Waals surface area contributed by atoms with Gasteiger partial charge in [0.15, 0.2) is 0 Å². The van der Waals surface area contributed by atoms with E-state index >= 15 is 0 Å². The summed E-state index contributed by atoms with van der Waals surface area (Å²) in [7, 11) is 0. The minimum atomic E-state index is -1.40. The van der Waals surface area contributed by atoms with Crippen molar-refractivity contribution in [3.8, 4) is 0 Å². The lowest BCUT2D eigenvalue weighted by Crippen LogP contribution is -2.47. The molecule has 1 aromatic rings. The van der Waals surface area contributed by atoms with E-state index in [1.165, 1.54) is 11.1 Å². The Morgan fingerprint density at radius 2 is 1.60 bits per heavy atom. The summed E-state index contributed by atoms with van der Waals surface area (Å²) in [6, 6.07) is 8.10. The summed E-state index contributed by atoms with van der Waals surface area (Å²) in [5.74, 6) is -0.0510. The molecule has 82 valence electrons. The maximum atomic E-state index is 14.3. The molecule has 0 saturated carbocycles. The Morgan fingerprint density at radius 1 is 1.13 bits per heavy atom. The maximum Gasteiger partial charge on any atom is 0.138 e. The van der Waals surface area contributed by atoms with E-state index in [-0.39, 0.29) is 19.0 Å². The van der Waals surface area contributed by atoms with Crippen molar-refractivity contribution in [2.75, 3.05) is 13.1 Å². The first kappa shape index (κ1) is 10.6. The highest BCUT2D eigenvalue weighted by atomic mass is 19.1. The molecule has 4 N–H and O–H groups in total. The van der Waals surface area contributed by atoms with Crippen LogP contribution in [0.4, 0.5) is 4.39 Å². The Morgan fingerprint density at radius 3 is 2.00 bits per heavy atom. The number of fused-ring (bicyclic) bond motifs is 1. The molecule has 0 saturated heterocycles. The van der Waals surface area contributed by atoms with Gasteiger partial charge in [-0.15, -0.1) is 0 Å². The normalized spacial score (nSPS) is 16.7. The van der Waals surface area contributed by atoms with Crippen LogP contribution in [0.2, 0.25) is 0 Å². The quantitative estimate of drug-likeness (QED) is 0.779. The van der Waals surface area contributed by atoms with E-state index in [2.05, 4.69) is 12.1 Å². The predicted molar refractivity (Wildman–Crippen MR) is 59.3 cm³/mol. The van der Waals surface area contributed by atoms with Crippen LogP contribution in [0, 0.1) is 5.92 Å². The summed E-state index contributed by atoms with van der Waals surface area (Å²) in [4.78, 5) is 0. The third kappa shape index (κ3) is 1.77. The molecule has 3 heteroatoms. The molecule has 0 radical (unpaired) electrons. The lowest BCUT2D eigenvalue weighted by molar-refractivity contribution is 0.104. The molecule has 0 heterocycles. The van der Waals surface area contributed by atoms with E-state index in [9.17, 15) is 4.39 Å². The molecule has 15 heavy (non-hydrogen) atoms. The Balaban J connectivity index is 2.19. The third-order valence-electron chi connectivity index (χ3n) is 3.46. The molecule has 0 aromatic heterocycles. The van der Waals surface area contributed by atoms with Crippen LogP contribution in [0.25, 0.3) is 0 Å². The van der Waals surface area contributed by atoms with Gasteiger partial charge in [-0.1, -0.05) is 24.3 Å². The maximum absolute atomic E-state index is 14.3. The second kappa shape index (κ2) is 3.91. The molecule has 0 spiro atoms. The topological polar surface area (TPSA) is 52.0 Å². The molecule has 0 bridgehead atoms. The fourth-order valence-electron chi connectivity index (χ4n) is 2.34. The van der Waals surface area contributed by atoms with E-state index < -0.39 is 5.67 Å². The molecule has 0 amide bonds. The van der Waals surface area contributed by atoms with Crippen LogP contribution in [0.5, 0.6) is 0 Å². The molecule has 0 atom stereocenters. The minimum absolute atomic E-state index is 0.0160. The Bertz CT molecular complexity index is 322. The van der Waals surface area contributed by atoms with E-state index in [0.717, 1.165) is 12.8 Å². The first-order valence-electron chi connectivity index (χ1n) is 5.35. The van der Waals surface area contributed by atoms with Gasteiger partial charge in [-0.05, 0) is 24.0 Å². The average Bonchev–Trinajstić information content (AvgIpc) is 2.72. The smallest absolute Gasteiger partial charge is 0.138 e. The van der Waals surface area contributed by atoms with Crippen LogP contribution >= 0.6 is 0 Å². The van der Waals surface area contributed by atoms with Gasteiger partial charge in [0.2, 0.25) is 0 Å². The summed E-state index contributed by atoms with van der Waals surface area (Å²) in [5.41, 5.74) is 12.0. The first-order valence-corrected chi connectivity index (χ1v) is 5.35. The predicted octanol–water partition coefficient (Wildman–Crippen LogP) is 1.03. The first-order chi connectivity index (χ1) is 7.19. The molecule has 1 aliphatic carbocycles. The van der Waals surface area contributed by atoms with Crippen molar-refractivity contribution in [3.63, 3.8) is 0 Å². The molecule has 1 aliphatic rings. The van der Waals surface area contributed by atoms with Crippen LogP contribution in [0.3, 0.4) is 0 Å². The average molecular weight is 208 g/mol. The van der Waals surface area contributed by atoms with Crippen molar-refractivity contribution in [2.24, 2.45) is 17.4 Å². The molecule has 1 aromatic carbocycles. The highest BCUT2D eigenvalue weighted by Gasteiger charge is 2.39. The Labute approximate surface area is 89.5 Å². The molecule has 2 rings (SSSR count). The summed E-state index contributed by atoms with van der Waals surface area (Å²) in [5, 5.41) is 0. The van der Waals surface area contributed by atoms with Crippen LogP contribution in [0.1, 0.15) is 11.1 Å². The van der Waals surface area contributed by atoms with Crippen molar-refractivity contribution in [1.29, 1.82) is 0 Å². The largest absolute Gasteiger partial charge is 0.327 e. The van der Waals surface area contributed by atoms with Crippen molar-refractivity contribution in [3.05, 3.63) is 35.4 Å². The molecular weight excluding hydrogens is 191 g/mol. The van der Waals surface area contributed by atoms with Crippen molar-refractivity contribution >= 4 is 0 Å². The van der Waals surface area contributed by atoms with Gasteiger partial charge in [-0.2, -0.15) is 0 Å². The molecule has 0 unspecified atom stereocenters. The fourth-order valence-corrected chi connectivity index (χ4v) is 2.34. The molecule has 0 fully saturated rings. The molecular formula is C12H17FN2. The van der Waals surface area contributed by atoms with E-state index in [1.807, 2.05) is 12.1 Å². The van der Waals surface area contributed by atoms with Gasteiger partial charge in [0, 0.05) is 19.0 Å². The highest BCUT2D eigenvalue weighted by molar-refractivity contribution is 5.33. The number of rotatable bonds is 3. The second-order valence-electron chi connectivity index (χ2n) is 4.32. The van der Waals surface area contributed by atoms with Crippen LogP contribution < -0.4 is 11.5 Å².